The van der Waals surface area contributed by atoms with Gasteiger partial charge in [-0.25, -0.2) is 9.97 Å². The van der Waals surface area contributed by atoms with Crippen molar-refractivity contribution in [2.45, 2.75) is 10.1 Å². The smallest absolute Gasteiger partial charge is 0.178 e. The van der Waals surface area contributed by atoms with E-state index < -0.39 is 0 Å². The van der Waals surface area contributed by atoms with Crippen LogP contribution in [0.2, 0.25) is 0 Å². The Morgan fingerprint density at radius 1 is 0.833 bits per heavy atom. The van der Waals surface area contributed by atoms with Crippen molar-refractivity contribution in [1.82, 2.24) is 19.9 Å². The Kier molecular flexibility index (Phi) is 6.65. The van der Waals surface area contributed by atoms with Crippen LogP contribution in [0.1, 0.15) is 11.4 Å². The van der Waals surface area contributed by atoms with E-state index in [4.69, 9.17) is 10.5 Å². The van der Waals surface area contributed by atoms with E-state index in [-0.39, 0.29) is 5.78 Å². The van der Waals surface area contributed by atoms with Gasteiger partial charge in [-0.15, -0.1) is 0 Å². The van der Waals surface area contributed by atoms with Crippen LogP contribution < -0.4 is 0 Å². The fraction of sp³-hybridized carbons (Fsp3) is 0. The van der Waals surface area contributed by atoms with E-state index in [1.54, 1.807) is 0 Å². The number of ketones is 1. The highest BCUT2D eigenvalue weighted by Crippen LogP contribution is 2.19. The molecule has 116 valence electrons. The number of thioether (sulfide) groups is 2. The van der Waals surface area contributed by atoms with E-state index in [2.05, 4.69) is 19.9 Å². The van der Waals surface area contributed by atoms with Gasteiger partial charge in [-0.05, 0) is 24.3 Å². The Hall–Kier alpha value is -3.01. The Balaban J connectivity index is 2.12. The summed E-state index contributed by atoms with van der Waals surface area (Å²) in [5.74, 6) is -0.299. The molecule has 0 aliphatic carbocycles. The molecule has 0 saturated carbocycles. The first kappa shape index (κ1) is 17.3. The minimum atomic E-state index is -0.299. The summed E-state index contributed by atoms with van der Waals surface area (Å²) in [6.07, 6.45) is 11.5. The quantitative estimate of drug-likeness (QED) is 0.439. The zero-order valence-corrected chi connectivity index (χ0v) is 13.7. The molecule has 0 radical (unpaired) electrons. The second-order valence-electron chi connectivity index (χ2n) is 3.95. The minimum Gasteiger partial charge on any atom is -0.290 e. The van der Waals surface area contributed by atoms with Gasteiger partial charge in [0.25, 0.3) is 0 Å². The van der Waals surface area contributed by atoms with Crippen molar-refractivity contribution in [3.8, 4) is 10.8 Å². The van der Waals surface area contributed by atoms with Crippen molar-refractivity contribution in [2.75, 3.05) is 0 Å². The molecule has 2 aromatic rings. The first-order chi connectivity index (χ1) is 11.7. The van der Waals surface area contributed by atoms with E-state index >= 15 is 0 Å². The zero-order valence-electron chi connectivity index (χ0n) is 12.0. The van der Waals surface area contributed by atoms with Crippen LogP contribution in [-0.4, -0.2) is 25.7 Å². The van der Waals surface area contributed by atoms with Crippen molar-refractivity contribution in [2.24, 2.45) is 0 Å². The van der Waals surface area contributed by atoms with Gasteiger partial charge in [0.15, 0.2) is 5.78 Å². The first-order valence-corrected chi connectivity index (χ1v) is 8.02. The number of hydrogen-bond acceptors (Lipinski definition) is 9. The fourth-order valence-electron chi connectivity index (χ4n) is 1.52. The molecule has 2 rings (SSSR count). The molecule has 0 unspecified atom stereocenters. The Bertz CT molecular complexity index is 811. The second-order valence-corrected chi connectivity index (χ2v) is 5.50. The molecule has 0 N–H and O–H groups in total. The van der Waals surface area contributed by atoms with Gasteiger partial charge in [-0.2, -0.15) is 10.5 Å². The lowest BCUT2D eigenvalue weighted by molar-refractivity contribution is -0.110. The van der Waals surface area contributed by atoms with Gasteiger partial charge in [0, 0.05) is 48.3 Å². The van der Waals surface area contributed by atoms with Crippen molar-refractivity contribution >= 4 is 41.5 Å². The molecule has 9 heteroatoms. The number of thiocyanates is 2. The monoisotopic (exact) mass is 352 g/mol. The standard InChI is InChI=1S/C15H8N6OS2/c16-9-23-14-12(18-5-7-20-14)3-1-11(22)2-4-13-15(24-10-17)21-8-6-19-13/h1-8H. The molecule has 0 saturated heterocycles. The van der Waals surface area contributed by atoms with Crippen LogP contribution in [0.3, 0.4) is 0 Å². The van der Waals surface area contributed by atoms with Crippen molar-refractivity contribution < 1.29 is 4.79 Å². The lowest BCUT2D eigenvalue weighted by Crippen LogP contribution is -1.92. The van der Waals surface area contributed by atoms with Gasteiger partial charge in [-0.3, -0.25) is 14.8 Å². The Labute approximate surface area is 146 Å². The Morgan fingerprint density at radius 3 is 1.67 bits per heavy atom. The maximum atomic E-state index is 11.9. The van der Waals surface area contributed by atoms with E-state index in [0.717, 1.165) is 23.5 Å². The summed E-state index contributed by atoms with van der Waals surface area (Å²) in [6.45, 7) is 0. The van der Waals surface area contributed by atoms with Crippen LogP contribution in [0.25, 0.3) is 12.2 Å². The largest absolute Gasteiger partial charge is 0.290 e. The summed E-state index contributed by atoms with van der Waals surface area (Å²) in [5, 5.41) is 22.1. The van der Waals surface area contributed by atoms with Gasteiger partial charge in [0.1, 0.15) is 20.9 Å². The molecule has 0 bridgehead atoms. The van der Waals surface area contributed by atoms with Crippen LogP contribution in [0.15, 0.2) is 47.0 Å². The van der Waals surface area contributed by atoms with E-state index in [1.807, 2.05) is 10.8 Å². The number of rotatable bonds is 6. The predicted octanol–water partition coefficient (Wildman–Crippen LogP) is 2.71. The Morgan fingerprint density at radius 2 is 1.25 bits per heavy atom. The molecule has 7 nitrogen and oxygen atoms in total. The van der Waals surface area contributed by atoms with Gasteiger partial charge in [-0.1, -0.05) is 0 Å². The molecule has 0 aromatic carbocycles. The maximum absolute atomic E-state index is 11.9. The number of nitriles is 2. The van der Waals surface area contributed by atoms with Crippen LogP contribution in [0, 0.1) is 21.3 Å². The summed E-state index contributed by atoms with van der Waals surface area (Å²) >= 11 is 1.74. The summed E-state index contributed by atoms with van der Waals surface area (Å²) in [5.41, 5.74) is 0.872. The zero-order chi connectivity index (χ0) is 17.2. The molecular formula is C15H8N6OS2. The fourth-order valence-corrected chi connectivity index (χ4v) is 2.37. The van der Waals surface area contributed by atoms with Gasteiger partial charge < -0.3 is 0 Å². The number of carbonyl (C=O) groups is 1. The second kappa shape index (κ2) is 9.20. The molecule has 2 heterocycles. The average molecular weight is 352 g/mol. The molecule has 0 amide bonds. The highest BCUT2D eigenvalue weighted by molar-refractivity contribution is 8.03. The molecular weight excluding hydrogens is 344 g/mol. The molecule has 0 fully saturated rings. The molecule has 0 atom stereocenters. The number of aromatic nitrogens is 4. The number of allylic oxidation sites excluding steroid dienone is 2. The topological polar surface area (TPSA) is 116 Å². The lowest BCUT2D eigenvalue weighted by Gasteiger charge is -1.97. The molecule has 2 aromatic heterocycles. The van der Waals surface area contributed by atoms with Crippen LogP contribution in [0.4, 0.5) is 0 Å². The first-order valence-electron chi connectivity index (χ1n) is 6.38. The van der Waals surface area contributed by atoms with Gasteiger partial charge in [0.2, 0.25) is 0 Å². The molecule has 0 spiro atoms. The molecule has 0 aliphatic rings. The van der Waals surface area contributed by atoms with Crippen LogP contribution in [0.5, 0.6) is 0 Å². The lowest BCUT2D eigenvalue weighted by atomic mass is 10.2. The van der Waals surface area contributed by atoms with Crippen LogP contribution >= 0.6 is 23.5 Å². The number of carbonyl (C=O) groups excluding carboxylic acids is 1. The van der Waals surface area contributed by atoms with E-state index in [1.165, 1.54) is 49.1 Å². The van der Waals surface area contributed by atoms with Gasteiger partial charge >= 0.3 is 0 Å². The molecule has 24 heavy (non-hydrogen) atoms. The van der Waals surface area contributed by atoms with Crippen molar-refractivity contribution in [1.29, 1.82) is 10.5 Å². The maximum Gasteiger partial charge on any atom is 0.178 e. The van der Waals surface area contributed by atoms with E-state index in [0.29, 0.717) is 21.4 Å². The highest BCUT2D eigenvalue weighted by Gasteiger charge is 2.04. The normalized spacial score (nSPS) is 10.6. The highest BCUT2D eigenvalue weighted by atomic mass is 32.2. The third-order valence-corrected chi connectivity index (χ3v) is 3.68. The molecule has 0 aliphatic heterocycles. The minimum absolute atomic E-state index is 0.299. The van der Waals surface area contributed by atoms with E-state index in [9.17, 15) is 4.79 Å². The summed E-state index contributed by atoms with van der Waals surface area (Å²) in [4.78, 5) is 28.1. The number of nitrogens with zero attached hydrogens (tertiary/aromatic N) is 6. The van der Waals surface area contributed by atoms with Crippen molar-refractivity contribution in [3.05, 3.63) is 48.3 Å². The van der Waals surface area contributed by atoms with Crippen molar-refractivity contribution in [3.63, 3.8) is 0 Å². The van der Waals surface area contributed by atoms with Gasteiger partial charge in [0.05, 0.1) is 11.4 Å². The third kappa shape index (κ3) is 5.02. The average Bonchev–Trinajstić information content (AvgIpc) is 2.61. The SMILES string of the molecule is N#CSc1nccnc1C=CC(=O)C=Cc1nccnc1SC#N. The summed E-state index contributed by atoms with van der Waals surface area (Å²) in [6, 6.07) is 0. The summed E-state index contributed by atoms with van der Waals surface area (Å²) in [7, 11) is 0. The number of hydrogen-bond donors (Lipinski definition) is 0. The predicted molar refractivity (Wildman–Crippen MR) is 90.1 cm³/mol. The van der Waals surface area contributed by atoms with Crippen LogP contribution in [-0.2, 0) is 4.79 Å². The summed E-state index contributed by atoms with van der Waals surface area (Å²) < 4.78 is 0. The third-order valence-electron chi connectivity index (χ3n) is 2.48.